The van der Waals surface area contributed by atoms with Gasteiger partial charge in [0.2, 0.25) is 0 Å². The SMILES string of the molecule is C1=Cc2nc1c(-c1ccccc1)c1ccc([n-]1)c(-c1ccccc1)c1nc(c(-c3ccccc3-c3c4nc(c(-c5ccccc5)c5ccc([n-]5)c(-c5ccccc5-c5c6nc(c(-c7ccccc7)c7ccc([n-]7)c(-c7ccccc7)c7nc(c(-c8ccccc8)c8ccc5[n-]8)C=C7)C=C6)c5nc(c(-c6ccccc6)c6ccc3[n-]6)C=C5)C=C4)c3ccc([n-]3)c2-c2ccccc2)C=C1.[Cu+2].[Cu+2].[Cu+2]. The Bertz CT molecular complexity index is 8140. The molecule has 6 aliphatic heterocycles. The summed E-state index contributed by atoms with van der Waals surface area (Å²) in [7, 11) is 0. The Balaban J connectivity index is 0.00000353. The van der Waals surface area contributed by atoms with Crippen LogP contribution in [0.25, 0.3) is 273 Å². The zero-order chi connectivity index (χ0) is 87.1. The van der Waals surface area contributed by atoms with Gasteiger partial charge in [0.1, 0.15) is 0 Å². The van der Waals surface area contributed by atoms with Crippen molar-refractivity contribution in [1.29, 1.82) is 0 Å². The predicted molar refractivity (Wildman–Crippen MR) is 543 cm³/mol. The Kier molecular flexibility index (Phi) is 22.2. The first-order chi connectivity index (χ1) is 65.4. The van der Waals surface area contributed by atoms with Gasteiger partial charge in [0, 0.05) is 0 Å². The molecule has 9 aromatic heterocycles. The predicted octanol–water partition coefficient (Wildman–Crippen LogP) is 28.4. The van der Waals surface area contributed by atoms with Crippen LogP contribution in [0.4, 0.5) is 0 Å². The zero-order valence-corrected chi connectivity index (χ0v) is 74.7. The van der Waals surface area contributed by atoms with Crippen LogP contribution in [-0.2, 0) is 51.2 Å². The van der Waals surface area contributed by atoms with E-state index in [9.17, 15) is 0 Å². The molecule has 0 amide bonds. The Morgan fingerprint density at radius 2 is 0.215 bits per heavy atom. The van der Waals surface area contributed by atoms with Crippen molar-refractivity contribution in [2.75, 3.05) is 0 Å². The molecule has 15 heterocycles. The second-order valence-electron chi connectivity index (χ2n) is 33.1. The van der Waals surface area contributed by atoms with Gasteiger partial charge in [0.25, 0.3) is 0 Å². The van der Waals surface area contributed by atoms with Crippen LogP contribution in [-0.4, -0.2) is 29.9 Å². The van der Waals surface area contributed by atoms with Crippen molar-refractivity contribution in [2.45, 2.75) is 0 Å². The van der Waals surface area contributed by atoms with E-state index in [1.807, 2.05) is 48.5 Å². The Hall–Kier alpha value is -16.4. The maximum absolute atomic E-state index is 5.90. The molecule has 135 heavy (non-hydrogen) atoms. The molecule has 0 atom stereocenters. The van der Waals surface area contributed by atoms with Gasteiger partial charge >= 0.3 is 51.2 Å². The van der Waals surface area contributed by atoms with Crippen LogP contribution in [0.15, 0.2) is 364 Å². The summed E-state index contributed by atoms with van der Waals surface area (Å²) in [5.74, 6) is 0. The average Bonchev–Trinajstić information content (AvgIpc) is 1.59. The third kappa shape index (κ3) is 15.2. The number of aromatic nitrogens is 12. The molecule has 0 spiro atoms. The smallest absolute Gasteiger partial charge is 0.657 e. The van der Waals surface area contributed by atoms with Gasteiger partial charge < -0.3 is 29.9 Å². The number of rotatable bonds is 12. The second-order valence-corrected chi connectivity index (χ2v) is 33.1. The minimum Gasteiger partial charge on any atom is -0.657 e. The minimum atomic E-state index is 0. The summed E-state index contributed by atoms with van der Waals surface area (Å²) < 4.78 is 0. The number of nitrogens with zero attached hydrogens (tertiary/aromatic N) is 12. The van der Waals surface area contributed by atoms with Crippen molar-refractivity contribution < 1.29 is 51.2 Å². The summed E-state index contributed by atoms with van der Waals surface area (Å²) in [5, 5.41) is 0. The van der Waals surface area contributed by atoms with E-state index in [1.165, 1.54) is 0 Å². The van der Waals surface area contributed by atoms with Crippen molar-refractivity contribution in [2.24, 2.45) is 0 Å². The fourth-order valence-corrected chi connectivity index (χ4v) is 19.4. The average molecular weight is 1870 g/mol. The summed E-state index contributed by atoms with van der Waals surface area (Å²) in [6.07, 6.45) is 25.5. The van der Waals surface area contributed by atoms with Crippen molar-refractivity contribution in [3.63, 3.8) is 0 Å². The van der Waals surface area contributed by atoms with Gasteiger partial charge in [0.05, 0.1) is 68.3 Å². The first-order valence-electron chi connectivity index (χ1n) is 44.2. The topological polar surface area (TPSA) is 162 Å². The molecule has 6 aliphatic rings. The summed E-state index contributed by atoms with van der Waals surface area (Å²) in [5.41, 5.74) is 39.2. The maximum Gasteiger partial charge on any atom is 2.00 e. The van der Waals surface area contributed by atoms with Crippen LogP contribution in [0.5, 0.6) is 0 Å². The molecule has 0 fully saturated rings. The molecule has 3 radical (unpaired) electrons. The summed E-state index contributed by atoms with van der Waals surface area (Å²) >= 11 is 0. The van der Waals surface area contributed by atoms with Gasteiger partial charge in [-0.15, -0.1) is 66.2 Å². The fraction of sp³-hybridized carbons (Fsp3) is 0. The number of hydrogen-bond acceptors (Lipinski definition) is 6. The molecule has 0 N–H and O–H groups in total. The molecule has 12 nitrogen and oxygen atoms in total. The molecule has 19 aromatic rings. The van der Waals surface area contributed by atoms with E-state index in [2.05, 4.69) is 388 Å². The van der Waals surface area contributed by atoms with E-state index in [1.54, 1.807) is 0 Å². The quantitative estimate of drug-likeness (QED) is 0.107. The molecule has 25 rings (SSSR count). The first-order valence-corrected chi connectivity index (χ1v) is 44.2. The van der Waals surface area contributed by atoms with Gasteiger partial charge in [-0.3, -0.25) is 0 Å². The number of hydrogen-bond donors (Lipinski definition) is 0. The van der Waals surface area contributed by atoms with E-state index in [0.717, 1.165) is 201 Å². The van der Waals surface area contributed by atoms with Crippen molar-refractivity contribution in [3.05, 3.63) is 432 Å². The largest absolute Gasteiger partial charge is 2.00 e. The monoisotopic (exact) mass is 1870 g/mol. The molecule has 15 heteroatoms. The standard InChI is InChI=1S/C120H72N12.3Cu/c1-9-29-73(30-10-1)109-85-49-53-89(121-85)111(75-33-13-3-14-34-75)93-57-65-101(125-93)117(102-66-58-94(126-102)112(76-35-15-4-16-36-76)90-54-50-86(109)122-90)81-45-25-27-47-83(81)119-105-69-61-97(129-105)115(79-41-21-7-22-42-79)99-63-71-107(131-99)120(108-72-64-100(132-108)116(80-43-23-8-24-44-80)98-62-70-106(119)130-98)84-48-28-26-46-82(84)118-103-67-59-95(127-103)113(77-37-17-5-18-38-77)91-55-51-87(123-91)110(74-31-11-2-12-32-74)88-52-56-92(124-88)114(78-39-19-6-20-40-78)96-60-68-104(118)128-96;;;/h1-72H;;;/q-6;3*+2. The van der Waals surface area contributed by atoms with Gasteiger partial charge in [-0.1, -0.05) is 364 Å². The van der Waals surface area contributed by atoms with E-state index in [4.69, 9.17) is 59.8 Å². The molecule has 24 bridgehead atoms. The molecule has 10 aromatic carbocycles. The van der Waals surface area contributed by atoms with Gasteiger partial charge in [0.15, 0.2) is 0 Å². The molecule has 0 saturated heterocycles. The Morgan fingerprint density at radius 1 is 0.111 bits per heavy atom. The third-order valence-electron chi connectivity index (χ3n) is 25.3. The molecule has 0 saturated carbocycles. The summed E-state index contributed by atoms with van der Waals surface area (Å²) in [4.78, 5) is 69.1. The second kappa shape index (κ2) is 35.7. The van der Waals surface area contributed by atoms with Gasteiger partial charge in [-0.2, -0.15) is 0 Å². The number of fused-ring (bicyclic) bond motifs is 24. The molecule has 0 aliphatic carbocycles. The molecular weight excluding hydrogens is 1800 g/mol. The van der Waals surface area contributed by atoms with Crippen molar-refractivity contribution in [1.82, 2.24) is 59.8 Å². The van der Waals surface area contributed by atoms with Gasteiger partial charge in [-0.05, 0) is 206 Å². The Labute approximate surface area is 809 Å². The first kappa shape index (κ1) is 84.1. The van der Waals surface area contributed by atoms with Crippen LogP contribution in [0.1, 0.15) is 68.3 Å². The minimum absolute atomic E-state index is 0. The van der Waals surface area contributed by atoms with E-state index >= 15 is 0 Å². The van der Waals surface area contributed by atoms with Crippen LogP contribution in [0.3, 0.4) is 0 Å². The van der Waals surface area contributed by atoms with E-state index in [-0.39, 0.29) is 51.2 Å². The van der Waals surface area contributed by atoms with Crippen molar-refractivity contribution >= 4 is 139 Å². The third-order valence-corrected chi connectivity index (χ3v) is 25.3. The van der Waals surface area contributed by atoms with E-state index in [0.29, 0.717) is 67.3 Å². The van der Waals surface area contributed by atoms with Crippen LogP contribution in [0, 0.1) is 0 Å². The summed E-state index contributed by atoms with van der Waals surface area (Å²) in [6, 6.07) is 126. The Morgan fingerprint density at radius 3 is 0.341 bits per heavy atom. The van der Waals surface area contributed by atoms with Gasteiger partial charge in [-0.25, -0.2) is 29.9 Å². The van der Waals surface area contributed by atoms with Crippen LogP contribution >= 0.6 is 0 Å². The summed E-state index contributed by atoms with van der Waals surface area (Å²) in [6.45, 7) is 0. The van der Waals surface area contributed by atoms with Crippen LogP contribution in [0.2, 0.25) is 0 Å². The molecule has 645 valence electrons. The zero-order valence-electron chi connectivity index (χ0n) is 71.8. The van der Waals surface area contributed by atoms with E-state index < -0.39 is 0 Å². The van der Waals surface area contributed by atoms with Crippen LogP contribution < -0.4 is 29.9 Å². The maximum atomic E-state index is 5.90. The molecule has 0 unspecified atom stereocenters. The van der Waals surface area contributed by atoms with Crippen molar-refractivity contribution in [3.8, 4) is 134 Å². The number of benzene rings is 10. The fourth-order valence-electron chi connectivity index (χ4n) is 19.4. The molecular formula is C120H72Cu3N12. The normalized spacial score (nSPS) is 12.1.